The highest BCUT2D eigenvalue weighted by molar-refractivity contribution is 6.76. The Morgan fingerprint density at radius 1 is 1.04 bits per heavy atom. The predicted octanol–water partition coefficient (Wildman–Crippen LogP) is 8.28. The molecule has 0 saturated carbocycles. The predicted molar refractivity (Wildman–Crippen MR) is 199 cm³/mol. The van der Waals surface area contributed by atoms with E-state index in [9.17, 15) is 14.0 Å². The van der Waals surface area contributed by atoms with Crippen LogP contribution in [0.25, 0.3) is 21.7 Å². The maximum Gasteiger partial charge on any atom is 0.410 e. The van der Waals surface area contributed by atoms with Crippen LogP contribution in [0.4, 0.5) is 19.7 Å². The van der Waals surface area contributed by atoms with Crippen LogP contribution in [0, 0.1) is 12.7 Å². The summed E-state index contributed by atoms with van der Waals surface area (Å²) in [5, 5.41) is 10.5. The van der Waals surface area contributed by atoms with Gasteiger partial charge in [0.25, 0.3) is 0 Å². The highest BCUT2D eigenvalue weighted by Crippen LogP contribution is 2.31. The zero-order valence-corrected chi connectivity index (χ0v) is 30.7. The number of nitrogens with zero attached hydrogens (tertiary/aromatic N) is 5. The largest absolute Gasteiger partial charge is 0.439 e. The van der Waals surface area contributed by atoms with Crippen LogP contribution in [0.3, 0.4) is 0 Å². The van der Waals surface area contributed by atoms with E-state index in [1.165, 1.54) is 6.07 Å². The third-order valence-electron chi connectivity index (χ3n) is 9.87. The lowest BCUT2D eigenvalue weighted by Gasteiger charge is -2.40. The molecule has 12 heteroatoms. The zero-order valence-electron chi connectivity index (χ0n) is 29.7. The van der Waals surface area contributed by atoms with Crippen molar-refractivity contribution in [2.75, 3.05) is 25.0 Å². The fraction of sp³-hybridized carbons (Fsp3) is 0.385. The molecule has 7 rings (SSSR count). The Morgan fingerprint density at radius 2 is 1.82 bits per heavy atom. The average molecular weight is 709 g/mol. The van der Waals surface area contributed by atoms with E-state index >= 15 is 0 Å². The van der Waals surface area contributed by atoms with Crippen molar-refractivity contribution in [1.29, 1.82) is 0 Å². The van der Waals surface area contributed by atoms with Crippen molar-refractivity contribution in [1.82, 2.24) is 24.6 Å². The summed E-state index contributed by atoms with van der Waals surface area (Å²) in [6, 6.07) is 19.7. The summed E-state index contributed by atoms with van der Waals surface area (Å²) in [7, 11) is -1.18. The summed E-state index contributed by atoms with van der Waals surface area (Å²) in [5.41, 5.74) is 4.64. The molecular formula is C39H45FN6O4Si. The van der Waals surface area contributed by atoms with Gasteiger partial charge in [-0.3, -0.25) is 4.98 Å². The molecule has 10 nitrogen and oxygen atoms in total. The highest BCUT2D eigenvalue weighted by atomic mass is 28.3. The Morgan fingerprint density at radius 3 is 2.61 bits per heavy atom. The summed E-state index contributed by atoms with van der Waals surface area (Å²) in [5.74, 6) is -0.434. The third-order valence-corrected chi connectivity index (χ3v) is 11.6. The van der Waals surface area contributed by atoms with Gasteiger partial charge in [-0.2, -0.15) is 5.10 Å². The van der Waals surface area contributed by atoms with Crippen LogP contribution in [0.1, 0.15) is 41.3 Å². The van der Waals surface area contributed by atoms with Crippen molar-refractivity contribution in [3.8, 4) is 0 Å². The molecule has 3 aromatic carbocycles. The molecule has 1 unspecified atom stereocenters. The van der Waals surface area contributed by atoms with E-state index in [0.29, 0.717) is 51.3 Å². The number of aryl methyl sites for hydroxylation is 1. The Kier molecular flexibility index (Phi) is 9.80. The average Bonchev–Trinajstić information content (AvgIpc) is 3.53. The Balaban J connectivity index is 1.06. The SMILES string of the molecule is Cc1cc(CC(OC(=O)N2CCC(N3Cc4cccc(F)c4NC3=O)CC2)c2cc3ccccc3cn2)cc2cn(COCC[Si](C)(C)C)nc12. The standard InChI is InChI=1S/C39H45FN6O4Si/c1-26-18-27(19-31-23-45(43-36(26)31)25-49-16-17-51(2,3)4)20-35(34-21-28-8-5-6-9-29(28)22-41-34)50-39(48)44-14-12-32(13-15-44)46-24-30-10-7-11-33(40)37(30)42-38(46)47/h5-11,18-19,21-23,32,35H,12-17,20,24-25H2,1-4H3,(H,42,47). The first-order valence-electron chi connectivity index (χ1n) is 17.7. The molecule has 0 bridgehead atoms. The molecule has 0 spiro atoms. The number of pyridine rings is 1. The molecule has 5 aromatic rings. The minimum Gasteiger partial charge on any atom is -0.439 e. The number of anilines is 1. The molecule has 51 heavy (non-hydrogen) atoms. The molecule has 1 atom stereocenters. The molecule has 4 heterocycles. The minimum absolute atomic E-state index is 0.0789. The smallest absolute Gasteiger partial charge is 0.410 e. The molecule has 3 amide bonds. The number of aromatic nitrogens is 3. The van der Waals surface area contributed by atoms with Crippen molar-refractivity contribution in [3.05, 3.63) is 101 Å². The summed E-state index contributed by atoms with van der Waals surface area (Å²) in [4.78, 5) is 34.9. The first-order valence-corrected chi connectivity index (χ1v) is 21.4. The van der Waals surface area contributed by atoms with Crippen molar-refractivity contribution < 1.29 is 23.5 Å². The molecule has 1 saturated heterocycles. The van der Waals surface area contributed by atoms with Crippen molar-refractivity contribution in [3.63, 3.8) is 0 Å². The molecule has 266 valence electrons. The van der Waals surface area contributed by atoms with Gasteiger partial charge in [-0.05, 0) is 66.1 Å². The van der Waals surface area contributed by atoms with E-state index < -0.39 is 26.1 Å². The number of urea groups is 1. The Hall–Kier alpha value is -4.81. The summed E-state index contributed by atoms with van der Waals surface area (Å²) < 4.78 is 28.4. The van der Waals surface area contributed by atoms with Gasteiger partial charge >= 0.3 is 12.1 Å². The second kappa shape index (κ2) is 14.4. The maximum absolute atomic E-state index is 14.3. The second-order valence-corrected chi connectivity index (χ2v) is 20.6. The zero-order chi connectivity index (χ0) is 35.7. The third kappa shape index (κ3) is 7.92. The van der Waals surface area contributed by atoms with Gasteiger partial charge in [0, 0.05) is 69.9 Å². The number of ether oxygens (including phenoxy) is 2. The fourth-order valence-electron chi connectivity index (χ4n) is 6.98. The molecule has 1 fully saturated rings. The van der Waals surface area contributed by atoms with Crippen LogP contribution in [0.2, 0.25) is 25.7 Å². The van der Waals surface area contributed by atoms with Crippen LogP contribution in [-0.2, 0) is 29.2 Å². The summed E-state index contributed by atoms with van der Waals surface area (Å²) in [6.07, 6.45) is 4.41. The second-order valence-electron chi connectivity index (χ2n) is 15.0. The highest BCUT2D eigenvalue weighted by Gasteiger charge is 2.34. The number of fused-ring (bicyclic) bond motifs is 3. The van der Waals surface area contributed by atoms with Crippen LogP contribution in [0.15, 0.2) is 73.1 Å². The first kappa shape index (κ1) is 34.6. The van der Waals surface area contributed by atoms with Gasteiger partial charge in [0.05, 0.1) is 16.9 Å². The molecule has 2 aromatic heterocycles. The number of hydrogen-bond acceptors (Lipinski definition) is 6. The number of carbonyl (C=O) groups is 2. The number of halogens is 1. The first-order chi connectivity index (χ1) is 24.5. The molecule has 2 aliphatic rings. The van der Waals surface area contributed by atoms with E-state index in [1.54, 1.807) is 15.9 Å². The van der Waals surface area contributed by atoms with Gasteiger partial charge in [0.1, 0.15) is 18.7 Å². The van der Waals surface area contributed by atoms with E-state index in [-0.39, 0.29) is 17.8 Å². The van der Waals surface area contributed by atoms with E-state index in [1.807, 2.05) is 60.4 Å². The van der Waals surface area contributed by atoms with Crippen molar-refractivity contribution in [2.45, 2.75) is 77.3 Å². The molecular weight excluding hydrogens is 664 g/mol. The monoisotopic (exact) mass is 708 g/mol. The number of hydrogen-bond donors (Lipinski definition) is 1. The number of likely N-dealkylation sites (tertiary alicyclic amines) is 1. The number of piperidine rings is 1. The summed E-state index contributed by atoms with van der Waals surface area (Å²) in [6.45, 7) is 11.4. The number of para-hydroxylation sites is 1. The van der Waals surface area contributed by atoms with Crippen LogP contribution in [-0.4, -0.2) is 70.5 Å². The van der Waals surface area contributed by atoms with Crippen molar-refractivity contribution >= 4 is 47.6 Å². The molecule has 0 aliphatic carbocycles. The van der Waals surface area contributed by atoms with Crippen LogP contribution >= 0.6 is 0 Å². The number of rotatable bonds is 10. The van der Waals surface area contributed by atoms with E-state index in [4.69, 9.17) is 19.6 Å². The van der Waals surface area contributed by atoms with Crippen LogP contribution in [0.5, 0.6) is 0 Å². The fourth-order valence-corrected chi connectivity index (χ4v) is 7.74. The molecule has 1 N–H and O–H groups in total. The Bertz CT molecular complexity index is 2070. The van der Waals surface area contributed by atoms with Gasteiger partial charge in [-0.1, -0.05) is 62.1 Å². The lowest BCUT2D eigenvalue weighted by atomic mass is 10.00. The van der Waals surface area contributed by atoms with Crippen LogP contribution < -0.4 is 5.32 Å². The number of amides is 3. The molecule has 0 radical (unpaired) electrons. The normalized spacial score (nSPS) is 16.0. The number of benzene rings is 3. The van der Waals surface area contributed by atoms with Crippen molar-refractivity contribution in [2.24, 2.45) is 0 Å². The number of nitrogens with one attached hydrogen (secondary N) is 1. The van der Waals surface area contributed by atoms with Gasteiger partial charge in [-0.25, -0.2) is 18.7 Å². The van der Waals surface area contributed by atoms with E-state index in [2.05, 4.69) is 37.1 Å². The quantitative estimate of drug-likeness (QED) is 0.116. The Labute approximate surface area is 298 Å². The topological polar surface area (TPSA) is 102 Å². The van der Waals surface area contributed by atoms with Gasteiger partial charge in [0.15, 0.2) is 0 Å². The molecule has 2 aliphatic heterocycles. The van der Waals surface area contributed by atoms with Gasteiger partial charge in [-0.15, -0.1) is 0 Å². The van der Waals surface area contributed by atoms with E-state index in [0.717, 1.165) is 51.0 Å². The lowest BCUT2D eigenvalue weighted by Crippen LogP contribution is -2.51. The van der Waals surface area contributed by atoms with Gasteiger partial charge in [0.2, 0.25) is 0 Å². The minimum atomic E-state index is -1.18. The maximum atomic E-state index is 14.3. The summed E-state index contributed by atoms with van der Waals surface area (Å²) >= 11 is 0. The van der Waals surface area contributed by atoms with Gasteiger partial charge < -0.3 is 24.6 Å². The number of carbonyl (C=O) groups excluding carboxylic acids is 2. The lowest BCUT2D eigenvalue weighted by molar-refractivity contribution is 0.0463.